The summed E-state index contributed by atoms with van der Waals surface area (Å²) in [5.74, 6) is 0.810. The van der Waals surface area contributed by atoms with Crippen molar-refractivity contribution in [2.24, 2.45) is 0 Å². The minimum Gasteiger partial charge on any atom is -0.387 e. The van der Waals surface area contributed by atoms with Gasteiger partial charge in [0.25, 0.3) is 0 Å². The first-order chi connectivity index (χ1) is 13.1. The highest BCUT2D eigenvalue weighted by molar-refractivity contribution is 7.99. The van der Waals surface area contributed by atoms with Gasteiger partial charge >= 0.3 is 0 Å². The van der Waals surface area contributed by atoms with Crippen LogP contribution >= 0.6 is 11.8 Å². The summed E-state index contributed by atoms with van der Waals surface area (Å²) in [7, 11) is 0. The van der Waals surface area contributed by atoms with Crippen LogP contribution in [0.5, 0.6) is 0 Å². The maximum Gasteiger partial charge on any atom is 0.167 e. The lowest BCUT2D eigenvalue weighted by molar-refractivity contribution is -0.0289. The molecular weight excluding hydrogens is 366 g/mol. The number of ether oxygens (including phenoxy) is 1. The van der Waals surface area contributed by atoms with Crippen LogP contribution in [0.15, 0.2) is 43.0 Å². The Morgan fingerprint density at radius 1 is 1.19 bits per heavy atom. The van der Waals surface area contributed by atoms with Gasteiger partial charge in [-0.05, 0) is 12.5 Å². The quantitative estimate of drug-likeness (QED) is 0.603. The summed E-state index contributed by atoms with van der Waals surface area (Å²) in [5.41, 5.74) is 7.92. The van der Waals surface area contributed by atoms with E-state index in [9.17, 15) is 10.2 Å². The number of thioether (sulfide) groups is 1. The number of nitrogens with two attached hydrogens (primary N) is 1. The largest absolute Gasteiger partial charge is 0.387 e. The van der Waals surface area contributed by atoms with Crippen LogP contribution < -0.4 is 5.73 Å². The number of anilines is 1. The van der Waals surface area contributed by atoms with Crippen LogP contribution in [0.1, 0.15) is 24.0 Å². The molecular formula is C18H21N5O3S. The number of aliphatic hydroxyl groups excluding tert-OH is 2. The van der Waals surface area contributed by atoms with E-state index in [2.05, 4.69) is 34.0 Å². The second-order valence-corrected chi connectivity index (χ2v) is 7.89. The maximum absolute atomic E-state index is 10.5. The van der Waals surface area contributed by atoms with Crippen molar-refractivity contribution in [1.82, 2.24) is 19.5 Å². The molecule has 5 atom stereocenters. The van der Waals surface area contributed by atoms with Gasteiger partial charge in [-0.1, -0.05) is 30.3 Å². The molecule has 2 aromatic heterocycles. The first kappa shape index (κ1) is 18.2. The molecule has 1 unspecified atom stereocenters. The molecule has 142 valence electrons. The number of fused-ring (bicyclic) bond motifs is 1. The molecule has 0 spiro atoms. The Kier molecular flexibility index (Phi) is 5.00. The minimum atomic E-state index is -1.09. The number of nitrogen functional groups attached to an aromatic ring is 1. The van der Waals surface area contributed by atoms with Crippen LogP contribution in [0, 0.1) is 0 Å². The molecule has 1 aromatic carbocycles. The standard InChI is InChI=1S/C18H21N5O3S/c1-10(11-5-3-2-4-6-11)27-7-12-14(24)15(25)18(26-12)23-9-22-13-16(19)20-8-21-17(13)23/h2-6,8-10,12,14-15,18,24-25H,7H2,1H3,(H2,19,20,21)/t10?,12-,14-,15-,18-/m1/s1. The normalized spacial score (nSPS) is 26.5. The number of aliphatic hydroxyl groups is 2. The number of rotatable bonds is 5. The predicted octanol–water partition coefficient (Wildman–Crippen LogP) is 1.52. The zero-order chi connectivity index (χ0) is 19.0. The van der Waals surface area contributed by atoms with Gasteiger partial charge in [-0.3, -0.25) is 4.57 Å². The summed E-state index contributed by atoms with van der Waals surface area (Å²) < 4.78 is 7.56. The number of imidazole rings is 1. The van der Waals surface area contributed by atoms with Gasteiger partial charge in [-0.2, -0.15) is 11.8 Å². The first-order valence-corrected chi connectivity index (χ1v) is 9.72. The lowest BCUT2D eigenvalue weighted by Gasteiger charge is -2.18. The molecule has 1 saturated heterocycles. The zero-order valence-electron chi connectivity index (χ0n) is 14.7. The highest BCUT2D eigenvalue weighted by atomic mass is 32.2. The number of nitrogens with zero attached hydrogens (tertiary/aromatic N) is 4. The Balaban J connectivity index is 1.48. The van der Waals surface area contributed by atoms with Gasteiger partial charge in [0.15, 0.2) is 17.7 Å². The molecule has 4 N–H and O–H groups in total. The van der Waals surface area contributed by atoms with E-state index in [0.29, 0.717) is 16.9 Å². The molecule has 1 fully saturated rings. The van der Waals surface area contributed by atoms with Crippen molar-refractivity contribution in [3.63, 3.8) is 0 Å². The van der Waals surface area contributed by atoms with E-state index in [-0.39, 0.29) is 11.1 Å². The Hall–Kier alpha value is -2.20. The Morgan fingerprint density at radius 3 is 2.74 bits per heavy atom. The molecule has 0 bridgehead atoms. The third-order valence-corrected chi connectivity index (χ3v) is 6.07. The molecule has 4 rings (SSSR count). The average Bonchev–Trinajstić information content (AvgIpc) is 3.23. The number of aromatic nitrogens is 4. The molecule has 0 radical (unpaired) electrons. The molecule has 1 aliphatic rings. The van der Waals surface area contributed by atoms with Crippen molar-refractivity contribution < 1.29 is 14.9 Å². The second-order valence-electron chi connectivity index (χ2n) is 6.52. The SMILES string of the molecule is CC(SC[C@H]1O[C@@H](n2cnc3c(N)ncnc32)[C@H](O)[C@@H]1O)c1ccccc1. The van der Waals surface area contributed by atoms with Crippen molar-refractivity contribution in [3.8, 4) is 0 Å². The van der Waals surface area contributed by atoms with Crippen molar-refractivity contribution in [2.75, 3.05) is 11.5 Å². The van der Waals surface area contributed by atoms with E-state index in [1.54, 1.807) is 16.3 Å². The van der Waals surface area contributed by atoms with Crippen LogP contribution in [0.3, 0.4) is 0 Å². The average molecular weight is 387 g/mol. The molecule has 0 amide bonds. The molecule has 3 heterocycles. The Morgan fingerprint density at radius 2 is 1.96 bits per heavy atom. The summed E-state index contributed by atoms with van der Waals surface area (Å²) in [5, 5.41) is 21.2. The fourth-order valence-electron chi connectivity index (χ4n) is 3.21. The van der Waals surface area contributed by atoms with Gasteiger partial charge in [0.2, 0.25) is 0 Å². The Bertz CT molecular complexity index is 922. The molecule has 27 heavy (non-hydrogen) atoms. The fraction of sp³-hybridized carbons (Fsp3) is 0.389. The summed E-state index contributed by atoms with van der Waals surface area (Å²) in [6.45, 7) is 2.11. The number of hydrogen-bond acceptors (Lipinski definition) is 8. The van der Waals surface area contributed by atoms with Crippen molar-refractivity contribution in [2.45, 2.75) is 36.7 Å². The molecule has 0 aliphatic carbocycles. The van der Waals surface area contributed by atoms with Crippen LogP contribution in [0.25, 0.3) is 11.2 Å². The van der Waals surface area contributed by atoms with Gasteiger partial charge in [-0.15, -0.1) is 0 Å². The molecule has 9 heteroatoms. The van der Waals surface area contributed by atoms with E-state index in [4.69, 9.17) is 10.5 Å². The molecule has 8 nitrogen and oxygen atoms in total. The van der Waals surface area contributed by atoms with Crippen LogP contribution in [-0.2, 0) is 4.74 Å². The molecule has 1 aliphatic heterocycles. The van der Waals surface area contributed by atoms with Crippen molar-refractivity contribution in [3.05, 3.63) is 48.5 Å². The summed E-state index contributed by atoms with van der Waals surface area (Å²) in [6, 6.07) is 10.1. The van der Waals surface area contributed by atoms with Crippen molar-refractivity contribution in [1.29, 1.82) is 0 Å². The van der Waals surface area contributed by atoms with Gasteiger partial charge in [0.05, 0.1) is 12.4 Å². The highest BCUT2D eigenvalue weighted by Gasteiger charge is 2.44. The van der Waals surface area contributed by atoms with E-state index < -0.39 is 24.5 Å². The van der Waals surface area contributed by atoms with Gasteiger partial charge in [-0.25, -0.2) is 15.0 Å². The zero-order valence-corrected chi connectivity index (χ0v) is 15.5. The third kappa shape index (κ3) is 3.39. The predicted molar refractivity (Wildman–Crippen MR) is 103 cm³/mol. The van der Waals surface area contributed by atoms with Crippen LogP contribution in [0.4, 0.5) is 5.82 Å². The second kappa shape index (κ2) is 7.43. The monoisotopic (exact) mass is 387 g/mol. The fourth-order valence-corrected chi connectivity index (χ4v) is 4.32. The van der Waals surface area contributed by atoms with Crippen molar-refractivity contribution >= 4 is 28.7 Å². The summed E-state index contributed by atoms with van der Waals surface area (Å²) in [6.07, 6.45) is -0.533. The number of hydrogen-bond donors (Lipinski definition) is 3. The third-order valence-electron chi connectivity index (χ3n) is 4.78. The molecule has 0 saturated carbocycles. The smallest absolute Gasteiger partial charge is 0.167 e. The highest BCUT2D eigenvalue weighted by Crippen LogP contribution is 2.36. The first-order valence-electron chi connectivity index (χ1n) is 8.67. The van der Waals surface area contributed by atoms with Gasteiger partial charge in [0.1, 0.15) is 24.1 Å². The van der Waals surface area contributed by atoms with Crippen LogP contribution in [0.2, 0.25) is 0 Å². The lowest BCUT2D eigenvalue weighted by atomic mass is 10.1. The topological polar surface area (TPSA) is 119 Å². The van der Waals surface area contributed by atoms with Gasteiger partial charge < -0.3 is 20.7 Å². The molecule has 3 aromatic rings. The maximum atomic E-state index is 10.5. The van der Waals surface area contributed by atoms with Gasteiger partial charge in [0, 0.05) is 11.0 Å². The van der Waals surface area contributed by atoms with E-state index in [0.717, 1.165) is 0 Å². The summed E-state index contributed by atoms with van der Waals surface area (Å²) in [4.78, 5) is 12.3. The lowest BCUT2D eigenvalue weighted by Crippen LogP contribution is -2.32. The van der Waals surface area contributed by atoms with E-state index in [1.165, 1.54) is 18.2 Å². The van der Waals surface area contributed by atoms with Crippen LogP contribution in [-0.4, -0.2) is 53.8 Å². The van der Waals surface area contributed by atoms with E-state index >= 15 is 0 Å². The summed E-state index contributed by atoms with van der Waals surface area (Å²) >= 11 is 1.67. The number of benzene rings is 1. The Labute approximate surface area is 160 Å². The van der Waals surface area contributed by atoms with E-state index in [1.807, 2.05) is 18.2 Å². The minimum absolute atomic E-state index is 0.250.